The first-order chi connectivity index (χ1) is 13.5. The lowest BCUT2D eigenvalue weighted by Gasteiger charge is -2.34. The van der Waals surface area contributed by atoms with Gasteiger partial charge in [0, 0.05) is 35.4 Å². The molecule has 0 aromatic heterocycles. The van der Waals surface area contributed by atoms with Crippen molar-refractivity contribution in [2.75, 3.05) is 19.5 Å². The Morgan fingerprint density at radius 1 is 1.00 bits per heavy atom. The summed E-state index contributed by atoms with van der Waals surface area (Å²) >= 11 is 0. The van der Waals surface area contributed by atoms with Gasteiger partial charge in [-0.25, -0.2) is 0 Å². The fourth-order valence-corrected chi connectivity index (χ4v) is 4.31. The molecule has 0 fully saturated rings. The molecule has 1 heterocycles. The third-order valence-corrected chi connectivity index (χ3v) is 5.83. The summed E-state index contributed by atoms with van der Waals surface area (Å²) in [6.45, 7) is 4.38. The van der Waals surface area contributed by atoms with Crippen LogP contribution >= 0.6 is 0 Å². The van der Waals surface area contributed by atoms with Gasteiger partial charge in [-0.1, -0.05) is 38.1 Å². The third-order valence-electron chi connectivity index (χ3n) is 5.83. The van der Waals surface area contributed by atoms with Crippen molar-refractivity contribution in [2.45, 2.75) is 44.9 Å². The number of rotatable bonds is 4. The van der Waals surface area contributed by atoms with Crippen molar-refractivity contribution in [3.05, 3.63) is 64.4 Å². The Bertz CT molecular complexity index is 941. The maximum Gasteiger partial charge on any atom is 0.162 e. The van der Waals surface area contributed by atoms with E-state index in [0.717, 1.165) is 40.9 Å². The first-order valence-corrected chi connectivity index (χ1v) is 9.92. The molecule has 4 heteroatoms. The Morgan fingerprint density at radius 3 is 2.32 bits per heavy atom. The average Bonchev–Trinajstić information content (AvgIpc) is 2.71. The van der Waals surface area contributed by atoms with Gasteiger partial charge in [0.1, 0.15) is 0 Å². The predicted octanol–water partition coefficient (Wildman–Crippen LogP) is 5.39. The molecular formula is C24H27NO3. The molecule has 1 aliphatic carbocycles. The summed E-state index contributed by atoms with van der Waals surface area (Å²) in [5.74, 6) is 2.00. The number of Topliss-reactive ketones (excluding diaryl/α,β-unsaturated/α-hetero) is 1. The highest BCUT2D eigenvalue weighted by molar-refractivity contribution is 6.01. The second-order valence-corrected chi connectivity index (χ2v) is 7.84. The lowest BCUT2D eigenvalue weighted by molar-refractivity contribution is -0.116. The van der Waals surface area contributed by atoms with Crippen molar-refractivity contribution in [3.8, 4) is 11.5 Å². The number of nitrogens with one attached hydrogen (secondary N) is 1. The number of ketones is 1. The van der Waals surface area contributed by atoms with E-state index in [0.29, 0.717) is 23.8 Å². The highest BCUT2D eigenvalue weighted by atomic mass is 16.5. The molecule has 2 aromatic rings. The van der Waals surface area contributed by atoms with E-state index in [2.05, 4.69) is 43.4 Å². The lowest BCUT2D eigenvalue weighted by atomic mass is 9.75. The van der Waals surface area contributed by atoms with E-state index in [1.165, 1.54) is 5.56 Å². The SMILES string of the molecule is COc1cc2c(cc1OC)C(c1ccc(C(C)C)cc1)C1=C(CCCC1=O)N2. The van der Waals surface area contributed by atoms with Crippen LogP contribution in [0.1, 0.15) is 61.6 Å². The third kappa shape index (κ3) is 3.07. The normalized spacial score (nSPS) is 18.5. The molecule has 2 aromatic carbocycles. The number of carbonyl (C=O) groups is 1. The number of ether oxygens (including phenoxy) is 2. The second kappa shape index (κ2) is 7.34. The van der Waals surface area contributed by atoms with Crippen molar-refractivity contribution in [2.24, 2.45) is 0 Å². The van der Waals surface area contributed by atoms with Crippen molar-refractivity contribution >= 4 is 11.5 Å². The Balaban J connectivity index is 1.90. The van der Waals surface area contributed by atoms with Crippen LogP contribution in [-0.4, -0.2) is 20.0 Å². The summed E-state index contributed by atoms with van der Waals surface area (Å²) in [7, 11) is 3.29. The van der Waals surface area contributed by atoms with Gasteiger partial charge in [-0.2, -0.15) is 0 Å². The van der Waals surface area contributed by atoms with Crippen molar-refractivity contribution < 1.29 is 14.3 Å². The van der Waals surface area contributed by atoms with Crippen molar-refractivity contribution in [3.63, 3.8) is 0 Å². The van der Waals surface area contributed by atoms with Gasteiger partial charge >= 0.3 is 0 Å². The molecule has 1 unspecified atom stereocenters. The quantitative estimate of drug-likeness (QED) is 0.776. The summed E-state index contributed by atoms with van der Waals surface area (Å²) in [5.41, 5.74) is 6.45. The minimum atomic E-state index is -0.0833. The van der Waals surface area contributed by atoms with Crippen LogP contribution in [0, 0.1) is 0 Å². The molecule has 1 atom stereocenters. The van der Waals surface area contributed by atoms with Gasteiger partial charge in [-0.05, 0) is 41.5 Å². The van der Waals surface area contributed by atoms with E-state index >= 15 is 0 Å². The summed E-state index contributed by atoms with van der Waals surface area (Å²) in [6, 6.07) is 12.7. The van der Waals surface area contributed by atoms with E-state index in [-0.39, 0.29) is 11.7 Å². The molecule has 2 aliphatic rings. The molecule has 0 amide bonds. The Labute approximate surface area is 166 Å². The van der Waals surface area contributed by atoms with Crippen LogP contribution in [0.25, 0.3) is 0 Å². The number of allylic oxidation sites excluding steroid dienone is 2. The Kier molecular flexibility index (Phi) is 4.88. The lowest BCUT2D eigenvalue weighted by Crippen LogP contribution is -2.27. The van der Waals surface area contributed by atoms with Crippen LogP contribution < -0.4 is 14.8 Å². The van der Waals surface area contributed by atoms with Crippen LogP contribution in [0.4, 0.5) is 5.69 Å². The highest BCUT2D eigenvalue weighted by Crippen LogP contribution is 2.48. The average molecular weight is 377 g/mol. The van der Waals surface area contributed by atoms with Gasteiger partial charge in [0.15, 0.2) is 17.3 Å². The zero-order valence-electron chi connectivity index (χ0n) is 17.0. The van der Waals surface area contributed by atoms with Crippen LogP contribution in [-0.2, 0) is 4.79 Å². The van der Waals surface area contributed by atoms with E-state index in [1.807, 2.05) is 12.1 Å². The van der Waals surface area contributed by atoms with Gasteiger partial charge in [-0.15, -0.1) is 0 Å². The number of benzene rings is 2. The van der Waals surface area contributed by atoms with Crippen LogP contribution in [0.3, 0.4) is 0 Å². The molecular weight excluding hydrogens is 350 g/mol. The topological polar surface area (TPSA) is 47.6 Å². The molecule has 1 aliphatic heterocycles. The molecule has 4 rings (SSSR count). The van der Waals surface area contributed by atoms with Gasteiger partial charge < -0.3 is 14.8 Å². The van der Waals surface area contributed by atoms with Crippen molar-refractivity contribution in [1.82, 2.24) is 0 Å². The Morgan fingerprint density at radius 2 is 1.68 bits per heavy atom. The molecule has 0 radical (unpaired) electrons. The molecule has 28 heavy (non-hydrogen) atoms. The summed E-state index contributed by atoms with van der Waals surface area (Å²) in [4.78, 5) is 12.9. The van der Waals surface area contributed by atoms with Gasteiger partial charge in [0.25, 0.3) is 0 Å². The van der Waals surface area contributed by atoms with Crippen LogP contribution in [0.15, 0.2) is 47.7 Å². The minimum Gasteiger partial charge on any atom is -0.493 e. The summed E-state index contributed by atoms with van der Waals surface area (Å²) in [6.07, 6.45) is 2.41. The van der Waals surface area contributed by atoms with Gasteiger partial charge in [0.05, 0.1) is 14.2 Å². The molecule has 0 saturated heterocycles. The molecule has 1 N–H and O–H groups in total. The molecule has 0 bridgehead atoms. The van der Waals surface area contributed by atoms with E-state index in [1.54, 1.807) is 14.2 Å². The zero-order valence-corrected chi connectivity index (χ0v) is 17.0. The number of methoxy groups -OCH3 is 2. The smallest absolute Gasteiger partial charge is 0.162 e. The molecule has 0 spiro atoms. The molecule has 146 valence electrons. The number of fused-ring (bicyclic) bond motifs is 1. The first-order valence-electron chi connectivity index (χ1n) is 9.92. The fourth-order valence-electron chi connectivity index (χ4n) is 4.31. The standard InChI is InChI=1S/C24H27NO3/c1-14(2)15-8-10-16(11-9-15)23-17-12-21(27-3)22(28-4)13-19(17)25-18-6-5-7-20(26)24(18)23/h8-14,23,25H,5-7H2,1-4H3. The fraction of sp³-hybridized carbons (Fsp3) is 0.375. The first kappa shape index (κ1) is 18.6. The van der Waals surface area contributed by atoms with Crippen LogP contribution in [0.2, 0.25) is 0 Å². The van der Waals surface area contributed by atoms with Gasteiger partial charge in [0.2, 0.25) is 0 Å². The largest absolute Gasteiger partial charge is 0.493 e. The minimum absolute atomic E-state index is 0.0833. The van der Waals surface area contributed by atoms with E-state index < -0.39 is 0 Å². The molecule has 0 saturated carbocycles. The number of carbonyl (C=O) groups excluding carboxylic acids is 1. The highest BCUT2D eigenvalue weighted by Gasteiger charge is 2.35. The number of hydrogen-bond acceptors (Lipinski definition) is 4. The number of anilines is 1. The predicted molar refractivity (Wildman–Crippen MR) is 111 cm³/mol. The zero-order chi connectivity index (χ0) is 19.8. The summed E-state index contributed by atoms with van der Waals surface area (Å²) in [5, 5.41) is 3.51. The van der Waals surface area contributed by atoms with E-state index in [4.69, 9.17) is 9.47 Å². The van der Waals surface area contributed by atoms with Crippen LogP contribution in [0.5, 0.6) is 11.5 Å². The van der Waals surface area contributed by atoms with Gasteiger partial charge in [-0.3, -0.25) is 4.79 Å². The molecule has 4 nitrogen and oxygen atoms in total. The Hall–Kier alpha value is -2.75. The number of hydrogen-bond donors (Lipinski definition) is 1. The summed E-state index contributed by atoms with van der Waals surface area (Å²) < 4.78 is 11.0. The monoisotopic (exact) mass is 377 g/mol. The second-order valence-electron chi connectivity index (χ2n) is 7.84. The van der Waals surface area contributed by atoms with E-state index in [9.17, 15) is 4.79 Å². The maximum absolute atomic E-state index is 12.9. The maximum atomic E-state index is 12.9. The van der Waals surface area contributed by atoms with Crippen molar-refractivity contribution in [1.29, 1.82) is 0 Å².